The third kappa shape index (κ3) is 1.55. The van der Waals surface area contributed by atoms with Gasteiger partial charge < -0.3 is 5.73 Å². The molecule has 0 saturated heterocycles. The molecule has 0 heterocycles. The van der Waals surface area contributed by atoms with Gasteiger partial charge in [0, 0.05) is 5.69 Å². The predicted molar refractivity (Wildman–Crippen MR) is 43.5 cm³/mol. The number of aryl methyl sites for hydroxylation is 1. The van der Waals surface area contributed by atoms with Gasteiger partial charge in [-0.15, -0.1) is 0 Å². The zero-order valence-electron chi connectivity index (χ0n) is 6.19. The molecule has 3 N–H and O–H groups in total. The smallest absolute Gasteiger partial charge is 0.214 e. The monoisotopic (exact) mass is 152 g/mol. The van der Waals surface area contributed by atoms with Crippen LogP contribution in [0.3, 0.4) is 0 Å². The maximum Gasteiger partial charge on any atom is 0.214 e. The number of nitrogens with one attached hydrogen (secondary N) is 1. The summed E-state index contributed by atoms with van der Waals surface area (Å²) >= 11 is 0. The van der Waals surface area contributed by atoms with Gasteiger partial charge in [0.25, 0.3) is 0 Å². The van der Waals surface area contributed by atoms with Gasteiger partial charge in [0.05, 0.1) is 5.56 Å². The Labute approximate surface area is 64.4 Å². The highest BCUT2D eigenvalue weighted by atomic mass is 19.1. The van der Waals surface area contributed by atoms with E-state index in [1.54, 1.807) is 18.2 Å². The number of halogens is 1. The number of anilines is 1. The predicted octanol–water partition coefficient (Wildman–Crippen LogP) is 1.87. The third-order valence-electron chi connectivity index (χ3n) is 1.45. The van der Waals surface area contributed by atoms with E-state index in [1.165, 1.54) is 0 Å². The Bertz CT molecular complexity index is 294. The molecule has 0 radical (unpaired) electrons. The third-order valence-corrected chi connectivity index (χ3v) is 1.45. The van der Waals surface area contributed by atoms with Crippen molar-refractivity contribution in [3.8, 4) is 0 Å². The van der Waals surface area contributed by atoms with Crippen LogP contribution in [0.5, 0.6) is 0 Å². The van der Waals surface area contributed by atoms with Crippen LogP contribution in [0.2, 0.25) is 0 Å². The van der Waals surface area contributed by atoms with Crippen LogP contribution < -0.4 is 5.73 Å². The molecule has 0 aromatic heterocycles. The van der Waals surface area contributed by atoms with E-state index < -0.39 is 5.97 Å². The van der Waals surface area contributed by atoms with Gasteiger partial charge in [0.15, 0.2) is 0 Å². The minimum Gasteiger partial charge on any atom is -0.398 e. The van der Waals surface area contributed by atoms with Crippen LogP contribution in [0.4, 0.5) is 10.1 Å². The van der Waals surface area contributed by atoms with Gasteiger partial charge in [-0.1, -0.05) is 11.6 Å². The van der Waals surface area contributed by atoms with Crippen LogP contribution in [0.25, 0.3) is 0 Å². The first-order valence-electron chi connectivity index (χ1n) is 3.22. The lowest BCUT2D eigenvalue weighted by molar-refractivity contribution is 0.798. The lowest BCUT2D eigenvalue weighted by Gasteiger charge is -2.01. The molecule has 0 aliphatic carbocycles. The highest BCUT2D eigenvalue weighted by Gasteiger charge is 2.03. The van der Waals surface area contributed by atoms with E-state index in [4.69, 9.17) is 11.1 Å². The van der Waals surface area contributed by atoms with Crippen LogP contribution >= 0.6 is 0 Å². The lowest BCUT2D eigenvalue weighted by atomic mass is 10.1. The molecule has 2 nitrogen and oxygen atoms in total. The van der Waals surface area contributed by atoms with Crippen LogP contribution in [0.1, 0.15) is 11.1 Å². The summed E-state index contributed by atoms with van der Waals surface area (Å²) in [4.78, 5) is 0. The number of rotatable bonds is 1. The largest absolute Gasteiger partial charge is 0.398 e. The fourth-order valence-electron chi connectivity index (χ4n) is 0.860. The first kappa shape index (κ1) is 7.72. The van der Waals surface area contributed by atoms with Crippen molar-refractivity contribution >= 4 is 11.7 Å². The van der Waals surface area contributed by atoms with Gasteiger partial charge in [0.1, 0.15) is 0 Å². The molecular weight excluding hydrogens is 143 g/mol. The zero-order valence-corrected chi connectivity index (χ0v) is 6.19. The topological polar surface area (TPSA) is 49.9 Å². The number of nitrogens with two attached hydrogens (primary N) is 1. The van der Waals surface area contributed by atoms with E-state index in [2.05, 4.69) is 0 Å². The Balaban J connectivity index is 3.23. The molecular formula is C8H9FN2. The molecule has 0 fully saturated rings. The Kier molecular flexibility index (Phi) is 1.89. The standard InChI is InChI=1S/C8H9FN2/c1-5-2-3-7(10)6(4-5)8(9)11/h2-4,11H,10H2,1H3. The maximum absolute atomic E-state index is 12.4. The van der Waals surface area contributed by atoms with Crippen molar-refractivity contribution in [3.05, 3.63) is 29.3 Å². The van der Waals surface area contributed by atoms with E-state index in [-0.39, 0.29) is 5.56 Å². The molecule has 0 spiro atoms. The maximum atomic E-state index is 12.4. The quantitative estimate of drug-likeness (QED) is 0.468. The highest BCUT2D eigenvalue weighted by molar-refractivity contribution is 5.96. The van der Waals surface area contributed by atoms with Gasteiger partial charge in [-0.2, -0.15) is 4.39 Å². The average molecular weight is 152 g/mol. The molecule has 3 heteroatoms. The first-order chi connectivity index (χ1) is 5.11. The van der Waals surface area contributed by atoms with E-state index in [9.17, 15) is 4.39 Å². The molecule has 1 aromatic rings. The summed E-state index contributed by atoms with van der Waals surface area (Å²) < 4.78 is 12.4. The van der Waals surface area contributed by atoms with E-state index in [0.29, 0.717) is 5.69 Å². The summed E-state index contributed by atoms with van der Waals surface area (Å²) in [7, 11) is 0. The second kappa shape index (κ2) is 2.70. The molecule has 11 heavy (non-hydrogen) atoms. The summed E-state index contributed by atoms with van der Waals surface area (Å²) in [5.74, 6) is -0.980. The molecule has 1 rings (SSSR count). The fourth-order valence-corrected chi connectivity index (χ4v) is 0.860. The van der Waals surface area contributed by atoms with Gasteiger partial charge in [0.2, 0.25) is 5.97 Å². The Morgan fingerprint density at radius 3 is 2.64 bits per heavy atom. The van der Waals surface area contributed by atoms with Crippen LogP contribution in [0, 0.1) is 12.3 Å². The molecule has 0 unspecified atom stereocenters. The number of hydrogen-bond acceptors (Lipinski definition) is 2. The number of nitrogen functional groups attached to an aromatic ring is 1. The van der Waals surface area contributed by atoms with Crippen LogP contribution in [0.15, 0.2) is 18.2 Å². The van der Waals surface area contributed by atoms with Crippen LogP contribution in [-0.2, 0) is 0 Å². The fraction of sp³-hybridized carbons (Fsp3) is 0.125. The summed E-state index contributed by atoms with van der Waals surface area (Å²) in [6, 6.07) is 4.93. The van der Waals surface area contributed by atoms with Crippen molar-refractivity contribution in [1.29, 1.82) is 5.41 Å². The van der Waals surface area contributed by atoms with Crippen molar-refractivity contribution in [2.75, 3.05) is 5.73 Å². The summed E-state index contributed by atoms with van der Waals surface area (Å²) in [6.45, 7) is 1.83. The van der Waals surface area contributed by atoms with Crippen molar-refractivity contribution in [1.82, 2.24) is 0 Å². The average Bonchev–Trinajstić information content (AvgIpc) is 1.94. The van der Waals surface area contributed by atoms with Gasteiger partial charge >= 0.3 is 0 Å². The molecule has 0 saturated carbocycles. The molecule has 1 aromatic carbocycles. The zero-order chi connectivity index (χ0) is 8.43. The van der Waals surface area contributed by atoms with Crippen molar-refractivity contribution in [3.63, 3.8) is 0 Å². The Morgan fingerprint density at radius 2 is 2.18 bits per heavy atom. The van der Waals surface area contributed by atoms with Gasteiger partial charge in [-0.05, 0) is 19.1 Å². The first-order valence-corrected chi connectivity index (χ1v) is 3.22. The minimum atomic E-state index is -0.980. The van der Waals surface area contributed by atoms with E-state index in [0.717, 1.165) is 5.56 Å². The molecule has 0 aliphatic rings. The molecule has 0 atom stereocenters. The Hall–Kier alpha value is -1.38. The molecule has 0 amide bonds. The summed E-state index contributed by atoms with van der Waals surface area (Å²) in [5, 5.41) is 6.73. The normalized spacial score (nSPS) is 9.64. The van der Waals surface area contributed by atoms with Gasteiger partial charge in [-0.25, -0.2) is 0 Å². The second-order valence-electron chi connectivity index (χ2n) is 2.40. The lowest BCUT2D eigenvalue weighted by Crippen LogP contribution is -1.98. The molecule has 0 aliphatic heterocycles. The van der Waals surface area contributed by atoms with E-state index in [1.807, 2.05) is 6.92 Å². The minimum absolute atomic E-state index is 0.171. The van der Waals surface area contributed by atoms with E-state index >= 15 is 0 Å². The molecule has 0 bridgehead atoms. The summed E-state index contributed by atoms with van der Waals surface area (Å²) in [5.41, 5.74) is 6.79. The van der Waals surface area contributed by atoms with Crippen molar-refractivity contribution < 1.29 is 4.39 Å². The second-order valence-corrected chi connectivity index (χ2v) is 2.40. The van der Waals surface area contributed by atoms with Crippen molar-refractivity contribution in [2.24, 2.45) is 0 Å². The van der Waals surface area contributed by atoms with Crippen LogP contribution in [-0.4, -0.2) is 5.97 Å². The van der Waals surface area contributed by atoms with Crippen molar-refractivity contribution in [2.45, 2.75) is 6.92 Å². The number of hydrogen-bond donors (Lipinski definition) is 2. The SMILES string of the molecule is Cc1ccc(N)c(C(=N)F)c1. The number of benzene rings is 1. The highest BCUT2D eigenvalue weighted by Crippen LogP contribution is 2.14. The summed E-state index contributed by atoms with van der Waals surface area (Å²) in [6.07, 6.45) is 0. The van der Waals surface area contributed by atoms with Gasteiger partial charge in [-0.3, -0.25) is 5.41 Å². The Morgan fingerprint density at radius 1 is 1.55 bits per heavy atom. The molecule has 58 valence electrons.